The molecule has 1 saturated heterocycles. The molecule has 0 aromatic heterocycles. The van der Waals surface area contributed by atoms with Gasteiger partial charge in [0.1, 0.15) is 11.5 Å². The highest BCUT2D eigenvalue weighted by Gasteiger charge is 2.33. The average molecular weight is 414 g/mol. The van der Waals surface area contributed by atoms with Gasteiger partial charge in [-0.25, -0.2) is 0 Å². The van der Waals surface area contributed by atoms with Gasteiger partial charge in [-0.15, -0.1) is 0 Å². The number of aromatic hydroxyl groups is 1. The summed E-state index contributed by atoms with van der Waals surface area (Å²) >= 11 is 0. The van der Waals surface area contributed by atoms with E-state index < -0.39 is 0 Å². The fourth-order valence-corrected chi connectivity index (χ4v) is 5.16. The standard InChI is InChI=1S/C28H31NO2/c30-24-13-14-25-27(19-24)31-20-26(22-7-3-1-4-8-22)28(25)23-11-9-21(10-12-23)15-18-29-16-5-2-6-17-29/h1,3-4,7-14,19,26,28,30H,2,5-6,15-18,20H2/t26-,28-/m1/s1. The first-order valence-electron chi connectivity index (χ1n) is 11.6. The van der Waals surface area contributed by atoms with Gasteiger partial charge >= 0.3 is 0 Å². The molecule has 1 fully saturated rings. The van der Waals surface area contributed by atoms with E-state index >= 15 is 0 Å². The van der Waals surface area contributed by atoms with Crippen molar-refractivity contribution in [3.63, 3.8) is 0 Å². The van der Waals surface area contributed by atoms with Gasteiger partial charge in [-0.3, -0.25) is 0 Å². The van der Waals surface area contributed by atoms with Crippen LogP contribution in [-0.4, -0.2) is 36.2 Å². The normalized spacial score (nSPS) is 21.3. The third-order valence-corrected chi connectivity index (χ3v) is 6.88. The molecule has 31 heavy (non-hydrogen) atoms. The molecule has 0 radical (unpaired) electrons. The number of hydrogen-bond acceptors (Lipinski definition) is 3. The predicted molar refractivity (Wildman–Crippen MR) is 125 cm³/mol. The lowest BCUT2D eigenvalue weighted by Crippen LogP contribution is -2.31. The Hall–Kier alpha value is -2.78. The number of fused-ring (bicyclic) bond motifs is 1. The second kappa shape index (κ2) is 9.15. The molecular formula is C28H31NO2. The van der Waals surface area contributed by atoms with E-state index in [0.29, 0.717) is 6.61 Å². The first-order chi connectivity index (χ1) is 15.3. The van der Waals surface area contributed by atoms with Gasteiger partial charge in [0.2, 0.25) is 0 Å². The number of likely N-dealkylation sites (tertiary alicyclic amines) is 1. The summed E-state index contributed by atoms with van der Waals surface area (Å²) in [7, 11) is 0. The van der Waals surface area contributed by atoms with E-state index in [1.54, 1.807) is 12.1 Å². The zero-order valence-electron chi connectivity index (χ0n) is 18.0. The average Bonchev–Trinajstić information content (AvgIpc) is 2.83. The van der Waals surface area contributed by atoms with Gasteiger partial charge < -0.3 is 14.7 Å². The van der Waals surface area contributed by atoms with Crippen LogP contribution in [0.4, 0.5) is 0 Å². The van der Waals surface area contributed by atoms with Gasteiger partial charge in [0.05, 0.1) is 6.61 Å². The summed E-state index contributed by atoms with van der Waals surface area (Å²) in [5, 5.41) is 9.95. The van der Waals surface area contributed by atoms with Crippen LogP contribution in [0.25, 0.3) is 0 Å². The molecule has 2 aliphatic rings. The first-order valence-corrected chi connectivity index (χ1v) is 11.6. The predicted octanol–water partition coefficient (Wildman–Crippen LogP) is 5.73. The van der Waals surface area contributed by atoms with Gasteiger partial charge in [-0.2, -0.15) is 0 Å². The van der Waals surface area contributed by atoms with E-state index in [1.807, 2.05) is 6.07 Å². The SMILES string of the molecule is Oc1ccc2c(c1)OC[C@H](c1ccccc1)[C@@H]2c1ccc(CCN2CCCCC2)cc1. The summed E-state index contributed by atoms with van der Waals surface area (Å²) in [6.45, 7) is 4.28. The molecule has 0 amide bonds. The zero-order valence-corrected chi connectivity index (χ0v) is 18.0. The van der Waals surface area contributed by atoms with Crippen LogP contribution in [0.5, 0.6) is 11.5 Å². The summed E-state index contributed by atoms with van der Waals surface area (Å²) in [6, 6.07) is 25.4. The molecular weight excluding hydrogens is 382 g/mol. The van der Waals surface area contributed by atoms with Crippen LogP contribution >= 0.6 is 0 Å². The molecule has 0 aliphatic carbocycles. The van der Waals surface area contributed by atoms with Crippen molar-refractivity contribution in [3.8, 4) is 11.5 Å². The van der Waals surface area contributed by atoms with Crippen LogP contribution in [0.2, 0.25) is 0 Å². The largest absolute Gasteiger partial charge is 0.508 e. The minimum absolute atomic E-state index is 0.211. The lowest BCUT2D eigenvalue weighted by atomic mass is 9.75. The van der Waals surface area contributed by atoms with Crippen molar-refractivity contribution in [1.82, 2.24) is 4.90 Å². The van der Waals surface area contributed by atoms with Crippen molar-refractivity contribution < 1.29 is 9.84 Å². The highest BCUT2D eigenvalue weighted by molar-refractivity contribution is 5.50. The highest BCUT2D eigenvalue weighted by atomic mass is 16.5. The molecule has 2 aliphatic heterocycles. The lowest BCUT2D eigenvalue weighted by Gasteiger charge is -2.34. The molecule has 3 heteroatoms. The highest BCUT2D eigenvalue weighted by Crippen LogP contribution is 2.46. The maximum atomic E-state index is 9.95. The van der Waals surface area contributed by atoms with Crippen molar-refractivity contribution in [3.05, 3.63) is 95.1 Å². The topological polar surface area (TPSA) is 32.7 Å². The van der Waals surface area contributed by atoms with E-state index in [2.05, 4.69) is 59.5 Å². The van der Waals surface area contributed by atoms with Gasteiger partial charge in [0.25, 0.3) is 0 Å². The van der Waals surface area contributed by atoms with Crippen LogP contribution in [0.3, 0.4) is 0 Å². The maximum Gasteiger partial charge on any atom is 0.126 e. The molecule has 0 spiro atoms. The number of rotatable bonds is 5. The fourth-order valence-electron chi connectivity index (χ4n) is 5.16. The van der Waals surface area contributed by atoms with E-state index in [-0.39, 0.29) is 17.6 Å². The van der Waals surface area contributed by atoms with Crippen molar-refractivity contribution >= 4 is 0 Å². The van der Waals surface area contributed by atoms with E-state index in [0.717, 1.165) is 24.3 Å². The Labute approximate surface area is 185 Å². The number of phenolic OH excluding ortho intramolecular Hbond substituents is 1. The van der Waals surface area contributed by atoms with Crippen molar-refractivity contribution in [2.75, 3.05) is 26.2 Å². The molecule has 0 bridgehead atoms. The third kappa shape index (κ3) is 4.47. The number of piperidine rings is 1. The molecule has 160 valence electrons. The Morgan fingerprint density at radius 3 is 2.39 bits per heavy atom. The quantitative estimate of drug-likeness (QED) is 0.580. The van der Waals surface area contributed by atoms with Gasteiger partial charge in [0.15, 0.2) is 0 Å². The van der Waals surface area contributed by atoms with Crippen molar-refractivity contribution in [2.24, 2.45) is 0 Å². The summed E-state index contributed by atoms with van der Waals surface area (Å²) < 4.78 is 6.09. The van der Waals surface area contributed by atoms with E-state index in [1.165, 1.54) is 49.0 Å². The molecule has 5 rings (SSSR count). The van der Waals surface area contributed by atoms with Crippen LogP contribution in [-0.2, 0) is 6.42 Å². The number of benzene rings is 3. The second-order valence-electron chi connectivity index (χ2n) is 8.92. The molecule has 2 atom stereocenters. The number of phenols is 1. The maximum absolute atomic E-state index is 9.95. The Balaban J connectivity index is 1.41. The van der Waals surface area contributed by atoms with Crippen LogP contribution < -0.4 is 4.74 Å². The molecule has 0 unspecified atom stereocenters. The van der Waals surface area contributed by atoms with Crippen LogP contribution in [0.1, 0.15) is 53.4 Å². The van der Waals surface area contributed by atoms with Gasteiger partial charge in [-0.05, 0) is 55.1 Å². The smallest absolute Gasteiger partial charge is 0.126 e. The Kier molecular flexibility index (Phi) is 5.95. The first kappa shape index (κ1) is 20.1. The lowest BCUT2D eigenvalue weighted by molar-refractivity contribution is 0.231. The Morgan fingerprint density at radius 2 is 1.61 bits per heavy atom. The number of nitrogens with zero attached hydrogens (tertiary/aromatic N) is 1. The number of hydrogen-bond donors (Lipinski definition) is 1. The zero-order chi connectivity index (χ0) is 21.0. The monoisotopic (exact) mass is 413 g/mol. The molecule has 3 aromatic carbocycles. The molecule has 3 aromatic rings. The molecule has 0 saturated carbocycles. The summed E-state index contributed by atoms with van der Waals surface area (Å²) in [6.07, 6.45) is 5.19. The van der Waals surface area contributed by atoms with Crippen LogP contribution in [0, 0.1) is 0 Å². The Bertz CT molecular complexity index is 993. The summed E-state index contributed by atoms with van der Waals surface area (Å²) in [5.74, 6) is 1.51. The second-order valence-corrected chi connectivity index (χ2v) is 8.92. The third-order valence-electron chi connectivity index (χ3n) is 6.88. The fraction of sp³-hybridized carbons (Fsp3) is 0.357. The molecule has 1 N–H and O–H groups in total. The van der Waals surface area contributed by atoms with Crippen molar-refractivity contribution in [2.45, 2.75) is 37.5 Å². The van der Waals surface area contributed by atoms with E-state index in [9.17, 15) is 5.11 Å². The number of ether oxygens (including phenoxy) is 1. The summed E-state index contributed by atoms with van der Waals surface area (Å²) in [5.41, 5.74) is 5.16. The summed E-state index contributed by atoms with van der Waals surface area (Å²) in [4.78, 5) is 2.60. The molecule has 3 nitrogen and oxygen atoms in total. The van der Waals surface area contributed by atoms with Crippen LogP contribution in [0.15, 0.2) is 72.8 Å². The van der Waals surface area contributed by atoms with E-state index in [4.69, 9.17) is 4.74 Å². The van der Waals surface area contributed by atoms with Gasteiger partial charge in [0, 0.05) is 30.0 Å². The Morgan fingerprint density at radius 1 is 0.839 bits per heavy atom. The minimum Gasteiger partial charge on any atom is -0.508 e. The molecule has 2 heterocycles. The van der Waals surface area contributed by atoms with Gasteiger partial charge in [-0.1, -0.05) is 67.1 Å². The van der Waals surface area contributed by atoms with Crippen molar-refractivity contribution in [1.29, 1.82) is 0 Å². The minimum atomic E-state index is 0.211.